The normalized spacial score (nSPS) is 16.3. The molecule has 32 heavy (non-hydrogen) atoms. The molecule has 0 saturated carbocycles. The first-order chi connectivity index (χ1) is 15.5. The minimum absolute atomic E-state index is 0.179. The van der Waals surface area contributed by atoms with Gasteiger partial charge in [-0.2, -0.15) is 0 Å². The summed E-state index contributed by atoms with van der Waals surface area (Å²) in [4.78, 5) is 19.5. The molecule has 0 unspecified atom stereocenters. The second kappa shape index (κ2) is 10.2. The van der Waals surface area contributed by atoms with Crippen LogP contribution in [0.1, 0.15) is 61.9 Å². The first-order valence-corrected chi connectivity index (χ1v) is 12.0. The van der Waals surface area contributed by atoms with Gasteiger partial charge in [-0.25, -0.2) is 4.98 Å². The minimum atomic E-state index is 0.179. The molecule has 1 fully saturated rings. The Kier molecular flexibility index (Phi) is 7.13. The number of hydrogen-bond donors (Lipinski definition) is 0. The van der Waals surface area contributed by atoms with E-state index in [1.165, 1.54) is 11.1 Å². The van der Waals surface area contributed by atoms with Crippen molar-refractivity contribution in [2.45, 2.75) is 65.3 Å². The summed E-state index contributed by atoms with van der Waals surface area (Å²) < 4.78 is 8.33. The molecule has 1 aromatic heterocycles. The number of carbonyl (C=O) groups excluding carboxylic acids is 1. The Morgan fingerprint density at radius 2 is 1.81 bits per heavy atom. The van der Waals surface area contributed by atoms with Crippen LogP contribution in [0.5, 0.6) is 5.75 Å². The van der Waals surface area contributed by atoms with E-state index in [1.807, 2.05) is 11.0 Å². The number of rotatable bonds is 10. The van der Waals surface area contributed by atoms with Crippen molar-refractivity contribution in [3.8, 4) is 5.75 Å². The molecule has 3 aromatic rings. The molecule has 1 aliphatic rings. The van der Waals surface area contributed by atoms with Gasteiger partial charge in [-0.05, 0) is 68.5 Å². The number of nitrogens with zero attached hydrogens (tertiary/aromatic N) is 3. The zero-order valence-corrected chi connectivity index (χ0v) is 19.6. The monoisotopic (exact) mass is 433 g/mol. The number of carbonyl (C=O) groups is 1. The zero-order valence-electron chi connectivity index (χ0n) is 19.6. The SMILES string of the molecule is CCCCN1C[C@H](c2nc3ccccc3n2CCCCOc2cc(C)cc(C)c2)CC1=O. The van der Waals surface area contributed by atoms with E-state index in [9.17, 15) is 4.79 Å². The highest BCUT2D eigenvalue weighted by atomic mass is 16.5. The van der Waals surface area contributed by atoms with Crippen LogP contribution in [0.3, 0.4) is 0 Å². The maximum absolute atomic E-state index is 12.5. The molecule has 5 heteroatoms. The highest BCUT2D eigenvalue weighted by molar-refractivity contribution is 5.80. The molecule has 1 atom stereocenters. The van der Waals surface area contributed by atoms with E-state index in [0.717, 1.165) is 67.9 Å². The Morgan fingerprint density at radius 3 is 2.59 bits per heavy atom. The van der Waals surface area contributed by atoms with Crippen molar-refractivity contribution >= 4 is 16.9 Å². The van der Waals surface area contributed by atoms with Gasteiger partial charge < -0.3 is 14.2 Å². The quantitative estimate of drug-likeness (QED) is 0.389. The van der Waals surface area contributed by atoms with E-state index in [0.29, 0.717) is 13.0 Å². The van der Waals surface area contributed by atoms with Gasteiger partial charge in [0, 0.05) is 32.0 Å². The summed E-state index contributed by atoms with van der Waals surface area (Å²) in [5, 5.41) is 0. The highest BCUT2D eigenvalue weighted by Crippen LogP contribution is 2.31. The molecule has 170 valence electrons. The molecule has 1 amide bonds. The number of benzene rings is 2. The first-order valence-electron chi connectivity index (χ1n) is 12.0. The fourth-order valence-electron chi connectivity index (χ4n) is 4.73. The first kappa shape index (κ1) is 22.4. The summed E-state index contributed by atoms with van der Waals surface area (Å²) in [7, 11) is 0. The third-order valence-electron chi connectivity index (χ3n) is 6.29. The van der Waals surface area contributed by atoms with Gasteiger partial charge in [-0.3, -0.25) is 4.79 Å². The van der Waals surface area contributed by atoms with Crippen LogP contribution in [-0.4, -0.2) is 40.1 Å². The van der Waals surface area contributed by atoms with E-state index < -0.39 is 0 Å². The van der Waals surface area contributed by atoms with Gasteiger partial charge in [0.2, 0.25) is 5.91 Å². The molecule has 0 aliphatic carbocycles. The fourth-order valence-corrected chi connectivity index (χ4v) is 4.73. The summed E-state index contributed by atoms with van der Waals surface area (Å²) in [5.41, 5.74) is 4.65. The molecule has 1 aliphatic heterocycles. The number of amides is 1. The number of imidazole rings is 1. The molecular weight excluding hydrogens is 398 g/mol. The summed E-state index contributed by atoms with van der Waals surface area (Å²) in [6, 6.07) is 14.7. The number of fused-ring (bicyclic) bond motifs is 1. The number of aryl methyl sites for hydroxylation is 3. The van der Waals surface area contributed by atoms with Crippen LogP contribution in [0.2, 0.25) is 0 Å². The van der Waals surface area contributed by atoms with Crippen LogP contribution in [-0.2, 0) is 11.3 Å². The summed E-state index contributed by atoms with van der Waals surface area (Å²) in [6.45, 7) is 9.62. The van der Waals surface area contributed by atoms with Crippen LogP contribution < -0.4 is 4.74 Å². The largest absolute Gasteiger partial charge is 0.494 e. The average molecular weight is 434 g/mol. The molecule has 0 radical (unpaired) electrons. The highest BCUT2D eigenvalue weighted by Gasteiger charge is 2.33. The van der Waals surface area contributed by atoms with Crippen LogP contribution in [0.25, 0.3) is 11.0 Å². The third-order valence-corrected chi connectivity index (χ3v) is 6.29. The number of unbranched alkanes of at least 4 members (excludes halogenated alkanes) is 2. The van der Waals surface area contributed by atoms with Gasteiger partial charge in [0.25, 0.3) is 0 Å². The average Bonchev–Trinajstić information content (AvgIpc) is 3.31. The van der Waals surface area contributed by atoms with Crippen LogP contribution in [0.4, 0.5) is 0 Å². The molecule has 0 spiro atoms. The Balaban J connectivity index is 1.41. The molecular formula is C27H35N3O2. The maximum Gasteiger partial charge on any atom is 0.223 e. The van der Waals surface area contributed by atoms with Crippen molar-refractivity contribution in [3.05, 3.63) is 59.4 Å². The molecule has 0 N–H and O–H groups in total. The van der Waals surface area contributed by atoms with Gasteiger partial charge in [0.15, 0.2) is 0 Å². The lowest BCUT2D eigenvalue weighted by atomic mass is 10.1. The van der Waals surface area contributed by atoms with Gasteiger partial charge in [-0.15, -0.1) is 0 Å². The molecule has 0 bridgehead atoms. The van der Waals surface area contributed by atoms with Crippen molar-refractivity contribution in [2.75, 3.05) is 19.7 Å². The van der Waals surface area contributed by atoms with Gasteiger partial charge >= 0.3 is 0 Å². The van der Waals surface area contributed by atoms with E-state index in [2.05, 4.69) is 61.7 Å². The number of para-hydroxylation sites is 2. The standard InChI is InChI=1S/C27H35N3O2/c1-4-5-12-29-19-22(18-26(29)31)27-28-24-10-6-7-11-25(24)30(27)13-8-9-14-32-23-16-20(2)15-21(3)17-23/h6-7,10-11,15-17,22H,4-5,8-9,12-14,18-19H2,1-3H3/t22-/m1/s1. The van der Waals surface area contributed by atoms with Crippen LogP contribution in [0, 0.1) is 13.8 Å². The zero-order chi connectivity index (χ0) is 22.5. The predicted molar refractivity (Wildman–Crippen MR) is 129 cm³/mol. The minimum Gasteiger partial charge on any atom is -0.494 e. The molecule has 4 rings (SSSR count). The summed E-state index contributed by atoms with van der Waals surface area (Å²) in [5.74, 6) is 2.46. The Hall–Kier alpha value is -2.82. The maximum atomic E-state index is 12.5. The Labute approximate surface area is 191 Å². The number of ether oxygens (including phenoxy) is 1. The fraction of sp³-hybridized carbons (Fsp3) is 0.481. The molecule has 2 heterocycles. The molecule has 2 aromatic carbocycles. The number of hydrogen-bond acceptors (Lipinski definition) is 3. The van der Waals surface area contributed by atoms with E-state index >= 15 is 0 Å². The second-order valence-electron chi connectivity index (χ2n) is 9.08. The van der Waals surface area contributed by atoms with Crippen molar-refractivity contribution in [1.29, 1.82) is 0 Å². The van der Waals surface area contributed by atoms with Gasteiger partial charge in [-0.1, -0.05) is 31.5 Å². The van der Waals surface area contributed by atoms with Crippen LogP contribution >= 0.6 is 0 Å². The Morgan fingerprint density at radius 1 is 1.03 bits per heavy atom. The lowest BCUT2D eigenvalue weighted by Crippen LogP contribution is -2.26. The smallest absolute Gasteiger partial charge is 0.223 e. The number of aromatic nitrogens is 2. The van der Waals surface area contributed by atoms with Crippen molar-refractivity contribution < 1.29 is 9.53 Å². The second-order valence-corrected chi connectivity index (χ2v) is 9.08. The van der Waals surface area contributed by atoms with Crippen molar-refractivity contribution in [3.63, 3.8) is 0 Å². The number of likely N-dealkylation sites (tertiary alicyclic amines) is 1. The van der Waals surface area contributed by atoms with E-state index in [4.69, 9.17) is 9.72 Å². The van der Waals surface area contributed by atoms with Crippen molar-refractivity contribution in [1.82, 2.24) is 14.5 Å². The Bertz CT molecular complexity index is 1050. The lowest BCUT2D eigenvalue weighted by Gasteiger charge is -2.17. The predicted octanol–water partition coefficient (Wildman–Crippen LogP) is 5.63. The summed E-state index contributed by atoms with van der Waals surface area (Å²) in [6.07, 6.45) is 4.73. The van der Waals surface area contributed by atoms with Gasteiger partial charge in [0.1, 0.15) is 11.6 Å². The summed E-state index contributed by atoms with van der Waals surface area (Å²) >= 11 is 0. The third kappa shape index (κ3) is 5.14. The lowest BCUT2D eigenvalue weighted by molar-refractivity contribution is -0.127. The van der Waals surface area contributed by atoms with E-state index in [-0.39, 0.29) is 11.8 Å². The van der Waals surface area contributed by atoms with Crippen molar-refractivity contribution in [2.24, 2.45) is 0 Å². The van der Waals surface area contributed by atoms with E-state index in [1.54, 1.807) is 0 Å². The topological polar surface area (TPSA) is 47.4 Å². The van der Waals surface area contributed by atoms with Gasteiger partial charge in [0.05, 0.1) is 17.6 Å². The molecule has 5 nitrogen and oxygen atoms in total. The molecule has 1 saturated heterocycles. The van der Waals surface area contributed by atoms with Crippen LogP contribution in [0.15, 0.2) is 42.5 Å².